The Morgan fingerprint density at radius 1 is 0.920 bits per heavy atom. The van der Waals surface area contributed by atoms with E-state index in [1.165, 1.54) is 0 Å². The van der Waals surface area contributed by atoms with Crippen molar-refractivity contribution in [1.29, 1.82) is 0 Å². The van der Waals surface area contributed by atoms with E-state index in [1.54, 1.807) is 6.26 Å². The molecule has 0 aliphatic heterocycles. The molecule has 0 bridgehead atoms. The average Bonchev–Trinajstić information content (AvgIpc) is 3.09. The van der Waals surface area contributed by atoms with Gasteiger partial charge in [0.1, 0.15) is 17.1 Å². The van der Waals surface area contributed by atoms with E-state index >= 15 is 0 Å². The zero-order valence-corrected chi connectivity index (χ0v) is 16.1. The fourth-order valence-corrected chi connectivity index (χ4v) is 3.43. The van der Waals surface area contributed by atoms with Gasteiger partial charge in [-0.15, -0.1) is 0 Å². The van der Waals surface area contributed by atoms with Gasteiger partial charge in [0.2, 0.25) is 8.32 Å². The molecule has 25 heavy (non-hydrogen) atoms. The zero-order chi connectivity index (χ0) is 17.9. The molecule has 0 spiro atoms. The molecule has 3 nitrogen and oxygen atoms in total. The Morgan fingerprint density at radius 2 is 1.68 bits per heavy atom. The maximum Gasteiger partial charge on any atom is 0.242 e. The second kappa shape index (κ2) is 7.11. The number of aryl methyl sites for hydroxylation is 1. The second-order valence-corrected chi connectivity index (χ2v) is 11.4. The molecule has 0 saturated heterocycles. The van der Waals surface area contributed by atoms with Crippen LogP contribution >= 0.6 is 0 Å². The van der Waals surface area contributed by atoms with Crippen LogP contribution in [0.25, 0.3) is 0 Å². The molecule has 128 valence electrons. The molecule has 3 aromatic rings. The minimum atomic E-state index is -1.75. The third-order valence-electron chi connectivity index (χ3n) is 3.63. The van der Waals surface area contributed by atoms with Crippen LogP contribution < -0.4 is 4.43 Å². The highest BCUT2D eigenvalue weighted by atomic mass is 28.4. The summed E-state index contributed by atoms with van der Waals surface area (Å²) in [5.41, 5.74) is 3.74. The van der Waals surface area contributed by atoms with E-state index in [4.69, 9.17) is 13.8 Å². The van der Waals surface area contributed by atoms with Crippen LogP contribution in [0.3, 0.4) is 0 Å². The molecule has 0 amide bonds. The summed E-state index contributed by atoms with van der Waals surface area (Å²) in [6, 6.07) is 20.0. The Bertz CT molecular complexity index is 863. The first kappa shape index (κ1) is 17.2. The number of furan rings is 1. The third kappa shape index (κ3) is 4.28. The topological polar surface area (TPSA) is 34.7 Å². The van der Waals surface area contributed by atoms with Crippen LogP contribution in [0.5, 0.6) is 5.75 Å². The van der Waals surface area contributed by atoms with Crippen LogP contribution in [0.1, 0.15) is 16.9 Å². The molecule has 0 fully saturated rings. The Morgan fingerprint density at radius 3 is 2.32 bits per heavy atom. The minimum Gasteiger partial charge on any atom is -0.543 e. The molecule has 0 saturated carbocycles. The summed E-state index contributed by atoms with van der Waals surface area (Å²) < 4.78 is 11.9. The normalized spacial score (nSPS) is 12.2. The Balaban J connectivity index is 2.15. The van der Waals surface area contributed by atoms with E-state index in [0.717, 1.165) is 34.0 Å². The molecule has 0 unspecified atom stereocenters. The zero-order valence-electron chi connectivity index (χ0n) is 15.1. The van der Waals surface area contributed by atoms with Gasteiger partial charge in [-0.3, -0.25) is 0 Å². The lowest BCUT2D eigenvalue weighted by Gasteiger charge is -2.22. The minimum absolute atomic E-state index is 0.742. The number of nitrogens with zero attached hydrogens (tertiary/aromatic N) is 1. The van der Waals surface area contributed by atoms with E-state index in [-0.39, 0.29) is 0 Å². The van der Waals surface area contributed by atoms with Crippen molar-refractivity contribution in [3.8, 4) is 5.75 Å². The van der Waals surface area contributed by atoms with E-state index in [9.17, 15) is 0 Å². The number of hydrogen-bond donors (Lipinski definition) is 0. The van der Waals surface area contributed by atoms with Gasteiger partial charge >= 0.3 is 0 Å². The fraction of sp³-hybridized carbons (Fsp3) is 0.190. The van der Waals surface area contributed by atoms with Gasteiger partial charge in [-0.1, -0.05) is 42.5 Å². The molecule has 0 N–H and O–H groups in total. The summed E-state index contributed by atoms with van der Waals surface area (Å²) in [7, 11) is -1.75. The fourth-order valence-electron chi connectivity index (χ4n) is 2.56. The Hall–Kier alpha value is -2.59. The lowest BCUT2D eigenvalue weighted by Crippen LogP contribution is -2.29. The Labute approximate surface area is 150 Å². The SMILES string of the molecule is Cc1cccc(N=C(c2ccccc2)c2ccco2)c1O[Si](C)(C)C. The van der Waals surface area contributed by atoms with Crippen LogP contribution in [0.4, 0.5) is 5.69 Å². The van der Waals surface area contributed by atoms with Crippen LogP contribution in [-0.4, -0.2) is 14.0 Å². The molecule has 1 aromatic heterocycles. The molecule has 0 radical (unpaired) electrons. The molecule has 0 aliphatic carbocycles. The van der Waals surface area contributed by atoms with Crippen molar-refractivity contribution in [1.82, 2.24) is 0 Å². The van der Waals surface area contributed by atoms with Gasteiger partial charge in [0.05, 0.1) is 6.26 Å². The van der Waals surface area contributed by atoms with Crippen molar-refractivity contribution in [2.45, 2.75) is 26.6 Å². The number of benzene rings is 2. The number of aliphatic imine (C=N–C) groups is 1. The van der Waals surface area contributed by atoms with Crippen LogP contribution in [0, 0.1) is 6.92 Å². The van der Waals surface area contributed by atoms with Gasteiger partial charge in [-0.25, -0.2) is 4.99 Å². The summed E-state index contributed by atoms with van der Waals surface area (Å²) in [5.74, 6) is 1.60. The van der Waals surface area contributed by atoms with Gasteiger partial charge < -0.3 is 8.84 Å². The maximum atomic E-state index is 6.32. The molecule has 2 aromatic carbocycles. The number of para-hydroxylation sites is 1. The van der Waals surface area contributed by atoms with Gasteiger partial charge in [-0.05, 0) is 50.3 Å². The van der Waals surface area contributed by atoms with Crippen molar-refractivity contribution in [3.63, 3.8) is 0 Å². The van der Waals surface area contributed by atoms with Crippen molar-refractivity contribution in [2.75, 3.05) is 0 Å². The molecular weight excluding hydrogens is 326 g/mol. The van der Waals surface area contributed by atoms with E-state index in [1.807, 2.05) is 54.6 Å². The highest BCUT2D eigenvalue weighted by Crippen LogP contribution is 2.34. The predicted octanol–water partition coefficient (Wildman–Crippen LogP) is 5.97. The molecule has 1 heterocycles. The van der Waals surface area contributed by atoms with Gasteiger partial charge in [0.25, 0.3) is 0 Å². The summed E-state index contributed by atoms with van der Waals surface area (Å²) >= 11 is 0. The molecule has 4 heteroatoms. The Kier molecular flexibility index (Phi) is 4.90. The molecular formula is C21H23NO2Si. The maximum absolute atomic E-state index is 6.32. The summed E-state index contributed by atoms with van der Waals surface area (Å²) in [6.07, 6.45) is 1.67. The largest absolute Gasteiger partial charge is 0.543 e. The van der Waals surface area contributed by atoms with Crippen molar-refractivity contribution in [3.05, 3.63) is 83.8 Å². The van der Waals surface area contributed by atoms with Crippen LogP contribution in [0.2, 0.25) is 19.6 Å². The van der Waals surface area contributed by atoms with E-state index in [2.05, 4.69) is 32.6 Å². The first-order valence-corrected chi connectivity index (χ1v) is 11.8. The molecule has 0 aliphatic rings. The highest BCUT2D eigenvalue weighted by Gasteiger charge is 2.20. The summed E-state index contributed by atoms with van der Waals surface area (Å²) in [5, 5.41) is 0. The lowest BCUT2D eigenvalue weighted by atomic mass is 10.1. The first-order valence-electron chi connectivity index (χ1n) is 8.41. The quantitative estimate of drug-likeness (QED) is 0.420. The average molecular weight is 350 g/mol. The third-order valence-corrected chi connectivity index (χ3v) is 4.45. The monoisotopic (exact) mass is 349 g/mol. The smallest absolute Gasteiger partial charge is 0.242 e. The van der Waals surface area contributed by atoms with Crippen molar-refractivity contribution < 1.29 is 8.84 Å². The van der Waals surface area contributed by atoms with E-state index in [0.29, 0.717) is 0 Å². The van der Waals surface area contributed by atoms with Gasteiger partial charge in [-0.2, -0.15) is 0 Å². The van der Waals surface area contributed by atoms with Gasteiger partial charge in [0, 0.05) is 5.56 Å². The lowest BCUT2D eigenvalue weighted by molar-refractivity contribution is 0.553. The number of hydrogen-bond acceptors (Lipinski definition) is 3. The summed E-state index contributed by atoms with van der Waals surface area (Å²) in [6.45, 7) is 8.59. The van der Waals surface area contributed by atoms with Crippen molar-refractivity contribution >= 4 is 19.7 Å². The van der Waals surface area contributed by atoms with Crippen LogP contribution in [0.15, 0.2) is 76.3 Å². The van der Waals surface area contributed by atoms with Gasteiger partial charge in [0.15, 0.2) is 5.76 Å². The molecule has 3 rings (SSSR count). The predicted molar refractivity (Wildman–Crippen MR) is 106 cm³/mol. The summed E-state index contributed by atoms with van der Waals surface area (Å²) in [4.78, 5) is 4.94. The highest BCUT2D eigenvalue weighted by molar-refractivity contribution is 6.70. The van der Waals surface area contributed by atoms with Crippen molar-refractivity contribution in [2.24, 2.45) is 4.99 Å². The van der Waals surface area contributed by atoms with E-state index < -0.39 is 8.32 Å². The number of rotatable bonds is 5. The standard InChI is InChI=1S/C21H23NO2Si/c1-16-10-8-13-18(21(16)24-25(2,3)4)22-20(19-14-9-15-23-19)17-11-6-5-7-12-17/h5-15H,1-4H3. The first-order chi connectivity index (χ1) is 11.9. The molecule has 0 atom stereocenters. The van der Waals surface area contributed by atoms with Crippen LogP contribution in [-0.2, 0) is 0 Å². The second-order valence-electron chi connectivity index (χ2n) is 6.94.